The fourth-order valence-corrected chi connectivity index (χ4v) is 2.57. The maximum atomic E-state index is 10.3. The predicted octanol–water partition coefficient (Wildman–Crippen LogP) is 3.21. The SMILES string of the molecule is OC(CCCc1ccccc1)C1COc2ccccc2O1. The first-order chi connectivity index (χ1) is 10.3. The topological polar surface area (TPSA) is 38.7 Å². The van der Waals surface area contributed by atoms with Gasteiger partial charge in [0, 0.05) is 0 Å². The molecule has 1 aliphatic heterocycles. The number of para-hydroxylation sites is 2. The lowest BCUT2D eigenvalue weighted by Gasteiger charge is -2.29. The zero-order valence-corrected chi connectivity index (χ0v) is 11.9. The Morgan fingerprint density at radius 2 is 1.71 bits per heavy atom. The van der Waals surface area contributed by atoms with Crippen molar-refractivity contribution in [3.8, 4) is 11.5 Å². The number of ether oxygens (including phenoxy) is 2. The van der Waals surface area contributed by atoms with Gasteiger partial charge in [0.05, 0.1) is 6.10 Å². The van der Waals surface area contributed by atoms with Gasteiger partial charge in [-0.15, -0.1) is 0 Å². The molecule has 0 saturated carbocycles. The molecule has 21 heavy (non-hydrogen) atoms. The highest BCUT2D eigenvalue weighted by atomic mass is 16.6. The zero-order valence-electron chi connectivity index (χ0n) is 11.9. The first-order valence-corrected chi connectivity index (χ1v) is 7.43. The van der Waals surface area contributed by atoms with E-state index in [1.54, 1.807) is 0 Å². The standard InChI is InChI=1S/C18H20O3/c19-15(10-6-9-14-7-2-1-3-8-14)18-13-20-16-11-4-5-12-17(16)21-18/h1-5,7-8,11-12,15,18-19H,6,9-10,13H2. The first kappa shape index (κ1) is 14.0. The number of aliphatic hydroxyl groups excluding tert-OH is 1. The number of aryl methyl sites for hydroxylation is 1. The molecule has 0 fully saturated rings. The average Bonchev–Trinajstić information content (AvgIpc) is 2.55. The van der Waals surface area contributed by atoms with E-state index in [0.29, 0.717) is 13.0 Å². The molecule has 2 aromatic carbocycles. The second-order valence-corrected chi connectivity index (χ2v) is 5.36. The summed E-state index contributed by atoms with van der Waals surface area (Å²) in [7, 11) is 0. The van der Waals surface area contributed by atoms with E-state index in [2.05, 4.69) is 12.1 Å². The van der Waals surface area contributed by atoms with Crippen LogP contribution in [0.2, 0.25) is 0 Å². The summed E-state index contributed by atoms with van der Waals surface area (Å²) in [6.45, 7) is 0.406. The molecule has 110 valence electrons. The molecule has 2 unspecified atom stereocenters. The zero-order chi connectivity index (χ0) is 14.5. The third-order valence-corrected chi connectivity index (χ3v) is 3.77. The molecule has 0 radical (unpaired) electrons. The molecule has 1 heterocycles. The minimum absolute atomic E-state index is 0.282. The van der Waals surface area contributed by atoms with Crippen molar-refractivity contribution in [3.63, 3.8) is 0 Å². The van der Waals surface area contributed by atoms with Gasteiger partial charge in [0.25, 0.3) is 0 Å². The van der Waals surface area contributed by atoms with Crippen LogP contribution in [0, 0.1) is 0 Å². The van der Waals surface area contributed by atoms with E-state index in [9.17, 15) is 5.11 Å². The molecule has 1 aliphatic rings. The summed E-state index contributed by atoms with van der Waals surface area (Å²) >= 11 is 0. The monoisotopic (exact) mass is 284 g/mol. The van der Waals surface area contributed by atoms with Gasteiger partial charge in [-0.25, -0.2) is 0 Å². The van der Waals surface area contributed by atoms with Crippen molar-refractivity contribution in [2.24, 2.45) is 0 Å². The lowest BCUT2D eigenvalue weighted by Crippen LogP contribution is -2.39. The third-order valence-electron chi connectivity index (χ3n) is 3.77. The molecular weight excluding hydrogens is 264 g/mol. The molecule has 0 aliphatic carbocycles. The van der Waals surface area contributed by atoms with Crippen LogP contribution in [-0.2, 0) is 6.42 Å². The number of rotatable bonds is 5. The second kappa shape index (κ2) is 6.64. The largest absolute Gasteiger partial charge is 0.486 e. The highest BCUT2D eigenvalue weighted by molar-refractivity contribution is 5.40. The van der Waals surface area contributed by atoms with Gasteiger partial charge in [-0.05, 0) is 37.0 Å². The Balaban J connectivity index is 1.49. The number of aliphatic hydroxyl groups is 1. The van der Waals surface area contributed by atoms with E-state index in [0.717, 1.165) is 24.3 Å². The Bertz CT molecular complexity index is 568. The second-order valence-electron chi connectivity index (χ2n) is 5.36. The van der Waals surface area contributed by atoms with Crippen LogP contribution >= 0.6 is 0 Å². The van der Waals surface area contributed by atoms with Crippen molar-refractivity contribution in [1.82, 2.24) is 0 Å². The van der Waals surface area contributed by atoms with Crippen molar-refractivity contribution in [3.05, 3.63) is 60.2 Å². The van der Waals surface area contributed by atoms with Crippen LogP contribution in [0.4, 0.5) is 0 Å². The van der Waals surface area contributed by atoms with Crippen molar-refractivity contribution in [1.29, 1.82) is 0 Å². The van der Waals surface area contributed by atoms with Gasteiger partial charge in [-0.1, -0.05) is 42.5 Å². The minimum atomic E-state index is -0.498. The van der Waals surface area contributed by atoms with Gasteiger partial charge in [0.15, 0.2) is 17.6 Å². The summed E-state index contributed by atoms with van der Waals surface area (Å²) in [4.78, 5) is 0. The normalized spacial score (nSPS) is 18.2. The van der Waals surface area contributed by atoms with E-state index in [1.807, 2.05) is 42.5 Å². The van der Waals surface area contributed by atoms with Gasteiger partial charge >= 0.3 is 0 Å². The molecular formula is C18H20O3. The molecule has 2 aromatic rings. The summed E-state index contributed by atoms with van der Waals surface area (Å²) in [6, 6.07) is 17.9. The Labute approximate surface area is 125 Å². The highest BCUT2D eigenvalue weighted by Crippen LogP contribution is 2.32. The van der Waals surface area contributed by atoms with Gasteiger partial charge in [-0.3, -0.25) is 0 Å². The number of hydrogen-bond acceptors (Lipinski definition) is 3. The van der Waals surface area contributed by atoms with Gasteiger partial charge in [-0.2, -0.15) is 0 Å². The molecule has 0 aromatic heterocycles. The van der Waals surface area contributed by atoms with E-state index < -0.39 is 6.10 Å². The summed E-state index contributed by atoms with van der Waals surface area (Å²) in [5, 5.41) is 10.3. The molecule has 3 rings (SSSR count). The molecule has 0 saturated heterocycles. The summed E-state index contributed by atoms with van der Waals surface area (Å²) in [5.74, 6) is 1.47. The summed E-state index contributed by atoms with van der Waals surface area (Å²) < 4.78 is 11.5. The molecule has 0 spiro atoms. The maximum Gasteiger partial charge on any atom is 0.161 e. The van der Waals surface area contributed by atoms with E-state index in [4.69, 9.17) is 9.47 Å². The molecule has 3 heteroatoms. The number of fused-ring (bicyclic) bond motifs is 1. The Morgan fingerprint density at radius 1 is 1.00 bits per heavy atom. The van der Waals surface area contributed by atoms with Crippen molar-refractivity contribution in [2.75, 3.05) is 6.61 Å². The van der Waals surface area contributed by atoms with Gasteiger partial charge < -0.3 is 14.6 Å². The molecule has 3 nitrogen and oxygen atoms in total. The summed E-state index contributed by atoms with van der Waals surface area (Å²) in [5.41, 5.74) is 1.30. The van der Waals surface area contributed by atoms with Crippen LogP contribution in [0.5, 0.6) is 11.5 Å². The van der Waals surface area contributed by atoms with Crippen LogP contribution in [0.3, 0.4) is 0 Å². The first-order valence-electron chi connectivity index (χ1n) is 7.43. The van der Waals surface area contributed by atoms with Crippen molar-refractivity contribution >= 4 is 0 Å². The van der Waals surface area contributed by atoms with Crippen molar-refractivity contribution in [2.45, 2.75) is 31.5 Å². The van der Waals surface area contributed by atoms with Crippen LogP contribution in [0.15, 0.2) is 54.6 Å². The quantitative estimate of drug-likeness (QED) is 0.916. The Kier molecular flexibility index (Phi) is 4.41. The van der Waals surface area contributed by atoms with Crippen LogP contribution in [-0.4, -0.2) is 23.9 Å². The molecule has 2 atom stereocenters. The van der Waals surface area contributed by atoms with Gasteiger partial charge in [0.1, 0.15) is 6.61 Å². The minimum Gasteiger partial charge on any atom is -0.486 e. The van der Waals surface area contributed by atoms with Gasteiger partial charge in [0.2, 0.25) is 0 Å². The third kappa shape index (κ3) is 3.56. The fourth-order valence-electron chi connectivity index (χ4n) is 2.57. The average molecular weight is 284 g/mol. The van der Waals surface area contributed by atoms with Crippen LogP contribution in [0.1, 0.15) is 18.4 Å². The Hall–Kier alpha value is -2.00. The lowest BCUT2D eigenvalue weighted by atomic mass is 10.0. The highest BCUT2D eigenvalue weighted by Gasteiger charge is 2.26. The number of benzene rings is 2. The van der Waals surface area contributed by atoms with Crippen LogP contribution in [0.25, 0.3) is 0 Å². The Morgan fingerprint density at radius 3 is 2.52 bits per heavy atom. The number of hydrogen-bond donors (Lipinski definition) is 1. The maximum absolute atomic E-state index is 10.3. The molecule has 1 N–H and O–H groups in total. The van der Waals surface area contributed by atoms with Crippen LogP contribution < -0.4 is 9.47 Å². The van der Waals surface area contributed by atoms with E-state index in [-0.39, 0.29) is 6.10 Å². The van der Waals surface area contributed by atoms with E-state index >= 15 is 0 Å². The fraction of sp³-hybridized carbons (Fsp3) is 0.333. The van der Waals surface area contributed by atoms with Crippen molar-refractivity contribution < 1.29 is 14.6 Å². The lowest BCUT2D eigenvalue weighted by molar-refractivity contribution is -0.0142. The summed E-state index contributed by atoms with van der Waals surface area (Å²) in [6.07, 6.45) is 1.84. The predicted molar refractivity (Wildman–Crippen MR) is 81.7 cm³/mol. The molecule has 0 amide bonds. The molecule has 0 bridgehead atoms. The van der Waals surface area contributed by atoms with E-state index in [1.165, 1.54) is 5.56 Å². The smallest absolute Gasteiger partial charge is 0.161 e.